The fourth-order valence-corrected chi connectivity index (χ4v) is 3.53. The molecule has 1 unspecified atom stereocenters. The Morgan fingerprint density at radius 1 is 1.29 bits per heavy atom. The first-order chi connectivity index (χ1) is 10.2. The molecular weight excluding hydrogens is 325 g/mol. The maximum absolute atomic E-state index is 6.31. The standard InChI is InChI=1S/C15H19Cl2N3S/c1-3-8-20-15(13(17)9-19-20)14(18-2)10-21-12-6-4-11(16)5-7-12/h4-7,9,14,18H,3,8,10H2,1-2H3. The molecule has 0 bridgehead atoms. The quantitative estimate of drug-likeness (QED) is 0.742. The van der Waals surface area contributed by atoms with Crippen molar-refractivity contribution in [2.75, 3.05) is 12.8 Å². The third kappa shape index (κ3) is 4.39. The highest BCUT2D eigenvalue weighted by Gasteiger charge is 2.19. The molecule has 0 saturated heterocycles. The first kappa shape index (κ1) is 16.7. The predicted molar refractivity (Wildman–Crippen MR) is 91.5 cm³/mol. The number of aromatic nitrogens is 2. The average Bonchev–Trinajstić information content (AvgIpc) is 2.84. The van der Waals surface area contributed by atoms with Crippen molar-refractivity contribution in [1.82, 2.24) is 15.1 Å². The van der Waals surface area contributed by atoms with Gasteiger partial charge in [0.05, 0.1) is 23.0 Å². The highest BCUT2D eigenvalue weighted by molar-refractivity contribution is 7.99. The lowest BCUT2D eigenvalue weighted by Gasteiger charge is -2.18. The fourth-order valence-electron chi connectivity index (χ4n) is 2.12. The van der Waals surface area contributed by atoms with Crippen LogP contribution in [0, 0.1) is 0 Å². The van der Waals surface area contributed by atoms with Crippen LogP contribution in [0.3, 0.4) is 0 Å². The van der Waals surface area contributed by atoms with Crippen molar-refractivity contribution in [3.8, 4) is 0 Å². The number of nitrogens with one attached hydrogen (secondary N) is 1. The zero-order valence-corrected chi connectivity index (χ0v) is 14.5. The van der Waals surface area contributed by atoms with Crippen molar-refractivity contribution in [3.63, 3.8) is 0 Å². The maximum atomic E-state index is 6.31. The van der Waals surface area contributed by atoms with Gasteiger partial charge in [0.25, 0.3) is 0 Å². The molecule has 1 atom stereocenters. The van der Waals surface area contributed by atoms with E-state index in [1.807, 2.05) is 36.0 Å². The number of benzene rings is 1. The van der Waals surface area contributed by atoms with Crippen molar-refractivity contribution in [1.29, 1.82) is 0 Å². The topological polar surface area (TPSA) is 29.9 Å². The SMILES string of the molecule is CCCn1ncc(Cl)c1C(CSc1ccc(Cl)cc1)NC. The van der Waals surface area contributed by atoms with Gasteiger partial charge in [0, 0.05) is 22.2 Å². The van der Waals surface area contributed by atoms with Crippen molar-refractivity contribution < 1.29 is 0 Å². The summed E-state index contributed by atoms with van der Waals surface area (Å²) in [7, 11) is 1.95. The minimum absolute atomic E-state index is 0.159. The molecule has 2 rings (SSSR count). The van der Waals surface area contributed by atoms with E-state index in [2.05, 4.69) is 17.3 Å². The lowest BCUT2D eigenvalue weighted by Crippen LogP contribution is -2.23. The summed E-state index contributed by atoms with van der Waals surface area (Å²) >= 11 is 14.0. The molecule has 0 aliphatic heterocycles. The fraction of sp³-hybridized carbons (Fsp3) is 0.400. The summed E-state index contributed by atoms with van der Waals surface area (Å²) in [5.74, 6) is 0.882. The minimum Gasteiger partial charge on any atom is -0.311 e. The molecule has 0 spiro atoms. The first-order valence-electron chi connectivity index (χ1n) is 6.92. The molecular formula is C15H19Cl2N3S. The van der Waals surface area contributed by atoms with Gasteiger partial charge >= 0.3 is 0 Å². The van der Waals surface area contributed by atoms with E-state index in [9.17, 15) is 0 Å². The second-order valence-electron chi connectivity index (χ2n) is 4.71. The number of halogens is 2. The molecule has 1 N–H and O–H groups in total. The Bertz CT molecular complexity index is 569. The number of hydrogen-bond acceptors (Lipinski definition) is 3. The third-order valence-electron chi connectivity index (χ3n) is 3.18. The molecule has 0 aliphatic rings. The molecule has 3 nitrogen and oxygen atoms in total. The van der Waals surface area contributed by atoms with Crippen LogP contribution in [0.15, 0.2) is 35.4 Å². The van der Waals surface area contributed by atoms with E-state index in [0.29, 0.717) is 0 Å². The normalized spacial score (nSPS) is 12.6. The summed E-state index contributed by atoms with van der Waals surface area (Å²) < 4.78 is 1.99. The zero-order valence-electron chi connectivity index (χ0n) is 12.1. The van der Waals surface area contributed by atoms with Gasteiger partial charge in [0.15, 0.2) is 0 Å². The van der Waals surface area contributed by atoms with Gasteiger partial charge in [-0.05, 0) is 37.7 Å². The average molecular weight is 344 g/mol. The summed E-state index contributed by atoms with van der Waals surface area (Å²) in [6, 6.07) is 8.04. The number of rotatable bonds is 7. The molecule has 114 valence electrons. The third-order valence-corrected chi connectivity index (χ3v) is 4.83. The summed E-state index contributed by atoms with van der Waals surface area (Å²) in [5.41, 5.74) is 1.06. The molecule has 0 amide bonds. The largest absolute Gasteiger partial charge is 0.311 e. The van der Waals surface area contributed by atoms with Gasteiger partial charge in [-0.2, -0.15) is 5.10 Å². The van der Waals surface area contributed by atoms with Crippen molar-refractivity contribution >= 4 is 35.0 Å². The van der Waals surface area contributed by atoms with Crippen LogP contribution >= 0.6 is 35.0 Å². The highest BCUT2D eigenvalue weighted by Crippen LogP contribution is 2.29. The van der Waals surface area contributed by atoms with Crippen LogP contribution in [0.25, 0.3) is 0 Å². The van der Waals surface area contributed by atoms with Gasteiger partial charge in [-0.25, -0.2) is 0 Å². The molecule has 0 saturated carbocycles. The van der Waals surface area contributed by atoms with Crippen LogP contribution in [-0.2, 0) is 6.54 Å². The van der Waals surface area contributed by atoms with Gasteiger partial charge in [-0.1, -0.05) is 30.1 Å². The molecule has 21 heavy (non-hydrogen) atoms. The smallest absolute Gasteiger partial charge is 0.0834 e. The lowest BCUT2D eigenvalue weighted by atomic mass is 10.2. The molecule has 0 radical (unpaired) electrons. The van der Waals surface area contributed by atoms with Gasteiger partial charge < -0.3 is 5.32 Å². The monoisotopic (exact) mass is 343 g/mol. The Balaban J connectivity index is 2.09. The Hall–Kier alpha value is -0.680. The maximum Gasteiger partial charge on any atom is 0.0834 e. The Morgan fingerprint density at radius 3 is 2.62 bits per heavy atom. The van der Waals surface area contributed by atoms with Crippen molar-refractivity contribution in [2.24, 2.45) is 0 Å². The molecule has 0 aliphatic carbocycles. The predicted octanol–water partition coefficient (Wildman–Crippen LogP) is 4.65. The van der Waals surface area contributed by atoms with E-state index in [-0.39, 0.29) is 6.04 Å². The summed E-state index contributed by atoms with van der Waals surface area (Å²) in [6.45, 7) is 3.02. The zero-order chi connectivity index (χ0) is 15.2. The number of hydrogen-bond donors (Lipinski definition) is 1. The van der Waals surface area contributed by atoms with E-state index < -0.39 is 0 Å². The lowest BCUT2D eigenvalue weighted by molar-refractivity contribution is 0.524. The molecule has 6 heteroatoms. The Labute approximate surface area is 140 Å². The second kappa shape index (κ2) is 8.08. The number of thioether (sulfide) groups is 1. The number of nitrogens with zero attached hydrogens (tertiary/aromatic N) is 2. The van der Waals surface area contributed by atoms with E-state index in [0.717, 1.165) is 34.5 Å². The van der Waals surface area contributed by atoms with Crippen LogP contribution < -0.4 is 5.32 Å². The van der Waals surface area contributed by atoms with Crippen LogP contribution in [0.2, 0.25) is 10.0 Å². The first-order valence-corrected chi connectivity index (χ1v) is 8.66. The van der Waals surface area contributed by atoms with Crippen LogP contribution in [-0.4, -0.2) is 22.6 Å². The van der Waals surface area contributed by atoms with Crippen LogP contribution in [0.4, 0.5) is 0 Å². The van der Waals surface area contributed by atoms with E-state index >= 15 is 0 Å². The minimum atomic E-state index is 0.159. The van der Waals surface area contributed by atoms with E-state index in [4.69, 9.17) is 23.2 Å². The summed E-state index contributed by atoms with van der Waals surface area (Å²) in [4.78, 5) is 1.19. The van der Waals surface area contributed by atoms with Crippen molar-refractivity contribution in [2.45, 2.75) is 30.8 Å². The summed E-state index contributed by atoms with van der Waals surface area (Å²) in [5, 5.41) is 9.17. The Morgan fingerprint density at radius 2 is 2.00 bits per heavy atom. The highest BCUT2D eigenvalue weighted by atomic mass is 35.5. The molecule has 2 aromatic rings. The number of aryl methyl sites for hydroxylation is 1. The van der Waals surface area contributed by atoms with Gasteiger partial charge in [0.2, 0.25) is 0 Å². The van der Waals surface area contributed by atoms with Crippen molar-refractivity contribution in [3.05, 3.63) is 46.2 Å². The van der Waals surface area contributed by atoms with E-state index in [1.165, 1.54) is 4.90 Å². The Kier molecular flexibility index (Phi) is 6.42. The summed E-state index contributed by atoms with van der Waals surface area (Å²) in [6.07, 6.45) is 2.76. The molecule has 1 aromatic carbocycles. The molecule has 0 fully saturated rings. The van der Waals surface area contributed by atoms with Gasteiger partial charge in [0.1, 0.15) is 0 Å². The van der Waals surface area contributed by atoms with E-state index in [1.54, 1.807) is 18.0 Å². The van der Waals surface area contributed by atoms with Crippen LogP contribution in [0.1, 0.15) is 25.1 Å². The van der Waals surface area contributed by atoms with Gasteiger partial charge in [-0.15, -0.1) is 11.8 Å². The molecule has 1 aromatic heterocycles. The second-order valence-corrected chi connectivity index (χ2v) is 6.64. The van der Waals surface area contributed by atoms with Crippen LogP contribution in [0.5, 0.6) is 0 Å². The molecule has 1 heterocycles. The van der Waals surface area contributed by atoms with Gasteiger partial charge in [-0.3, -0.25) is 4.68 Å².